The van der Waals surface area contributed by atoms with Crippen molar-refractivity contribution in [1.82, 2.24) is 14.5 Å². The number of H-pyrrole nitrogens is 1. The minimum absolute atomic E-state index is 0.00989. The van der Waals surface area contributed by atoms with Gasteiger partial charge in [0.05, 0.1) is 25.2 Å². The second-order valence-corrected chi connectivity index (χ2v) is 6.76. The lowest BCUT2D eigenvalue weighted by molar-refractivity contribution is 0.111. The van der Waals surface area contributed by atoms with E-state index in [0.29, 0.717) is 37.4 Å². The van der Waals surface area contributed by atoms with Crippen LogP contribution in [0.1, 0.15) is 13.8 Å². The van der Waals surface area contributed by atoms with Gasteiger partial charge in [-0.1, -0.05) is 0 Å². The highest BCUT2D eigenvalue weighted by atomic mass is 31.2. The fraction of sp³-hybridized carbons (Fsp3) is 0.538. The molecule has 2 aromatic rings. The topological polar surface area (TPSA) is 125 Å². The van der Waals surface area contributed by atoms with E-state index in [1.54, 1.807) is 30.7 Å². The summed E-state index contributed by atoms with van der Waals surface area (Å²) < 4.78 is 17.7. The maximum absolute atomic E-state index is 11.7. The maximum Gasteiger partial charge on any atom is 0.436 e. The first kappa shape index (κ1) is 17.8. The Morgan fingerprint density at radius 3 is 2.74 bits per heavy atom. The van der Waals surface area contributed by atoms with Crippen molar-refractivity contribution in [1.29, 1.82) is 0 Å². The summed E-state index contributed by atoms with van der Waals surface area (Å²) in [6.07, 6.45) is 1.73. The molecule has 0 fully saturated rings. The second-order valence-electron chi connectivity index (χ2n) is 4.71. The van der Waals surface area contributed by atoms with Crippen LogP contribution in [0.5, 0.6) is 0 Å². The number of hydrogen-bond donors (Lipinski definition) is 3. The van der Waals surface area contributed by atoms with Crippen molar-refractivity contribution in [3.63, 3.8) is 0 Å². The van der Waals surface area contributed by atoms with Crippen LogP contribution in [0.2, 0.25) is 0 Å². The zero-order valence-electron chi connectivity index (χ0n) is 13.2. The summed E-state index contributed by atoms with van der Waals surface area (Å²) >= 11 is 0. The lowest BCUT2D eigenvalue weighted by Crippen LogP contribution is -2.14. The first-order valence-electron chi connectivity index (χ1n) is 7.31. The molecule has 0 unspecified atom stereocenters. The summed E-state index contributed by atoms with van der Waals surface area (Å²) in [5.41, 5.74) is 5.78. The summed E-state index contributed by atoms with van der Waals surface area (Å²) in [6.45, 7) is 5.02. The Morgan fingerprint density at radius 1 is 1.39 bits per heavy atom. The molecule has 0 saturated heterocycles. The molecule has 0 radical (unpaired) electrons. The lowest BCUT2D eigenvalue weighted by atomic mass is 10.4. The number of aromatic amines is 1. The van der Waals surface area contributed by atoms with E-state index in [1.807, 2.05) is 0 Å². The van der Waals surface area contributed by atoms with Crippen LogP contribution in [-0.4, -0.2) is 45.6 Å². The van der Waals surface area contributed by atoms with Crippen molar-refractivity contribution in [2.24, 2.45) is 0 Å². The summed E-state index contributed by atoms with van der Waals surface area (Å²) in [6, 6.07) is 1.67. The number of rotatable bonds is 9. The second kappa shape index (κ2) is 7.85. The highest BCUT2D eigenvalue weighted by Crippen LogP contribution is 2.56. The van der Waals surface area contributed by atoms with Crippen LogP contribution in [0.25, 0.3) is 11.0 Å². The van der Waals surface area contributed by atoms with Crippen LogP contribution in [-0.2, 0) is 20.3 Å². The predicted octanol–water partition coefficient (Wildman–Crippen LogP) is 1.11. The van der Waals surface area contributed by atoms with Gasteiger partial charge in [0.15, 0.2) is 0 Å². The van der Waals surface area contributed by atoms with Crippen LogP contribution >= 0.6 is 7.94 Å². The molecule has 2 heterocycles. The molecule has 9 nitrogen and oxygen atoms in total. The molecule has 23 heavy (non-hydrogen) atoms. The van der Waals surface area contributed by atoms with Gasteiger partial charge in [0.2, 0.25) is 12.3 Å². The minimum Gasteiger partial charge on any atom is -0.369 e. The monoisotopic (exact) mass is 345 g/mol. The fourth-order valence-corrected chi connectivity index (χ4v) is 3.52. The van der Waals surface area contributed by atoms with E-state index in [-0.39, 0.29) is 17.9 Å². The standard InChI is InChI=1S/C13H21N4O5P/c1-3-21-23(19,22-4-2)9-20-8-7-17-6-5-10-11(17)15-13(14)16-12(10)18/h5-6,19H,3-4,7-9H2,1-2H3,(H2-,14,15,16,18)/p+1. The van der Waals surface area contributed by atoms with Crippen molar-refractivity contribution in [2.75, 3.05) is 31.9 Å². The highest BCUT2D eigenvalue weighted by molar-refractivity contribution is 7.60. The number of aromatic nitrogens is 3. The third kappa shape index (κ3) is 4.49. The molecule has 0 atom stereocenters. The van der Waals surface area contributed by atoms with Gasteiger partial charge in [-0.05, 0) is 19.9 Å². The molecule has 0 saturated carbocycles. The minimum atomic E-state index is -2.96. The van der Waals surface area contributed by atoms with Gasteiger partial charge >= 0.3 is 7.94 Å². The van der Waals surface area contributed by atoms with Gasteiger partial charge in [-0.2, -0.15) is 18.9 Å². The van der Waals surface area contributed by atoms with E-state index < -0.39 is 7.94 Å². The summed E-state index contributed by atoms with van der Waals surface area (Å²) in [5.74, 6) is 0.0661. The van der Waals surface area contributed by atoms with Crippen LogP contribution in [0.15, 0.2) is 17.1 Å². The molecule has 4 N–H and O–H groups in total. The van der Waals surface area contributed by atoms with Gasteiger partial charge in [0, 0.05) is 12.7 Å². The smallest absolute Gasteiger partial charge is 0.369 e. The molecular formula is C13H22N4O5P+. The third-order valence-electron chi connectivity index (χ3n) is 3.04. The average molecular weight is 345 g/mol. The molecule has 0 bridgehead atoms. The van der Waals surface area contributed by atoms with Crippen LogP contribution in [0.4, 0.5) is 5.95 Å². The zero-order valence-corrected chi connectivity index (χ0v) is 14.1. The van der Waals surface area contributed by atoms with E-state index in [1.165, 1.54) is 0 Å². The Morgan fingerprint density at radius 2 is 2.09 bits per heavy atom. The summed E-state index contributed by atoms with van der Waals surface area (Å²) in [4.78, 5) is 28.5. The number of nitrogens with two attached hydrogens (primary N) is 1. The van der Waals surface area contributed by atoms with Crippen molar-refractivity contribution >= 4 is 24.9 Å². The highest BCUT2D eigenvalue weighted by Gasteiger charge is 2.40. The number of hydrogen-bond acceptors (Lipinski definition) is 7. The zero-order chi connectivity index (χ0) is 16.9. The fourth-order valence-electron chi connectivity index (χ4n) is 2.13. The van der Waals surface area contributed by atoms with Crippen LogP contribution in [0, 0.1) is 0 Å². The van der Waals surface area contributed by atoms with Crippen molar-refractivity contribution < 1.29 is 18.7 Å². The molecule has 0 aliphatic carbocycles. The van der Waals surface area contributed by atoms with Gasteiger partial charge in [0.25, 0.3) is 5.56 Å². The molecule has 2 rings (SSSR count). The van der Waals surface area contributed by atoms with E-state index >= 15 is 0 Å². The summed E-state index contributed by atoms with van der Waals surface area (Å²) in [5, 5.41) is 0.465. The van der Waals surface area contributed by atoms with Crippen LogP contribution < -0.4 is 11.3 Å². The molecular weight excluding hydrogens is 323 g/mol. The van der Waals surface area contributed by atoms with Gasteiger partial charge in [-0.15, -0.1) is 0 Å². The molecule has 0 aromatic carbocycles. The largest absolute Gasteiger partial charge is 0.436 e. The van der Waals surface area contributed by atoms with Gasteiger partial charge in [-0.25, -0.2) is 0 Å². The number of anilines is 1. The number of ether oxygens (including phenoxy) is 1. The molecule has 2 aromatic heterocycles. The Labute approximate surface area is 134 Å². The van der Waals surface area contributed by atoms with E-state index in [0.717, 1.165) is 0 Å². The van der Waals surface area contributed by atoms with E-state index in [4.69, 9.17) is 19.5 Å². The first-order valence-corrected chi connectivity index (χ1v) is 9.07. The Bertz CT molecular complexity index is 695. The quantitative estimate of drug-likeness (QED) is 0.459. The Balaban J connectivity index is 1.95. The van der Waals surface area contributed by atoms with Gasteiger partial charge in [-0.3, -0.25) is 9.78 Å². The number of nitrogens with one attached hydrogen (secondary N) is 1. The molecule has 0 aliphatic rings. The molecule has 0 spiro atoms. The molecule has 10 heteroatoms. The van der Waals surface area contributed by atoms with Gasteiger partial charge < -0.3 is 15.0 Å². The predicted molar refractivity (Wildman–Crippen MR) is 88.0 cm³/mol. The number of nitrogens with zero attached hydrogens (tertiary/aromatic N) is 2. The van der Waals surface area contributed by atoms with Crippen molar-refractivity contribution in [3.8, 4) is 0 Å². The van der Waals surface area contributed by atoms with E-state index in [2.05, 4.69) is 9.97 Å². The van der Waals surface area contributed by atoms with Gasteiger partial charge in [0.1, 0.15) is 5.65 Å². The normalized spacial score (nSPS) is 12.1. The van der Waals surface area contributed by atoms with Crippen molar-refractivity contribution in [3.05, 3.63) is 22.6 Å². The number of fused-ring (bicyclic) bond motifs is 1. The number of nitrogen functional groups attached to an aromatic ring is 1. The molecule has 128 valence electrons. The van der Waals surface area contributed by atoms with Crippen molar-refractivity contribution in [2.45, 2.75) is 20.4 Å². The van der Waals surface area contributed by atoms with E-state index in [9.17, 15) is 9.69 Å². The molecule has 0 aliphatic heterocycles. The molecule has 0 amide bonds. The third-order valence-corrected chi connectivity index (χ3v) is 4.87. The SMILES string of the molecule is CCO[P+](O)(COCCn1ccc2c(=O)[nH]c(N)nc21)OCC. The first-order chi connectivity index (χ1) is 11.0. The average Bonchev–Trinajstić information content (AvgIpc) is 2.87. The van der Waals surface area contributed by atoms with Crippen LogP contribution in [0.3, 0.4) is 0 Å². The maximum atomic E-state index is 11.7. The Hall–Kier alpha value is -1.51. The Kier molecular flexibility index (Phi) is 6.09. The summed E-state index contributed by atoms with van der Waals surface area (Å²) in [7, 11) is -2.96. The lowest BCUT2D eigenvalue weighted by Gasteiger charge is -2.15.